The summed E-state index contributed by atoms with van der Waals surface area (Å²) in [6.07, 6.45) is 1.67. The van der Waals surface area contributed by atoms with Gasteiger partial charge in [-0.25, -0.2) is 22.7 Å². The van der Waals surface area contributed by atoms with Gasteiger partial charge >= 0.3 is 12.1 Å². The molecular formula is C29H39N5O10S. The van der Waals surface area contributed by atoms with Crippen LogP contribution in [-0.4, -0.2) is 115 Å². The third-order valence-corrected chi connectivity index (χ3v) is 8.39. The molecule has 1 saturated heterocycles. The van der Waals surface area contributed by atoms with Crippen molar-refractivity contribution in [2.75, 3.05) is 51.4 Å². The van der Waals surface area contributed by atoms with Gasteiger partial charge in [0.25, 0.3) is 5.91 Å². The summed E-state index contributed by atoms with van der Waals surface area (Å²) < 4.78 is 41.6. The second kappa shape index (κ2) is 14.7. The molecule has 1 aromatic heterocycles. The van der Waals surface area contributed by atoms with Crippen LogP contribution in [0.1, 0.15) is 50.0 Å². The third-order valence-electron chi connectivity index (χ3n) is 7.42. The third kappa shape index (κ3) is 8.72. The summed E-state index contributed by atoms with van der Waals surface area (Å²) in [6, 6.07) is 9.07. The van der Waals surface area contributed by atoms with E-state index in [4.69, 9.17) is 19.0 Å². The molecule has 2 aliphatic rings. The molecule has 45 heavy (non-hydrogen) atoms. The number of hydrogen-bond donors (Lipinski definition) is 1. The summed E-state index contributed by atoms with van der Waals surface area (Å²) in [5.74, 6) is -1.93. The molecule has 246 valence electrons. The van der Waals surface area contributed by atoms with E-state index < -0.39 is 45.4 Å². The van der Waals surface area contributed by atoms with Crippen molar-refractivity contribution in [1.29, 1.82) is 0 Å². The average Bonchev–Trinajstić information content (AvgIpc) is 3.41. The zero-order valence-corrected chi connectivity index (χ0v) is 26.4. The molecule has 2 fully saturated rings. The van der Waals surface area contributed by atoms with Crippen LogP contribution in [-0.2, 0) is 33.7 Å². The Hall–Kier alpha value is -4.18. The highest BCUT2D eigenvalue weighted by molar-refractivity contribution is 7.90. The minimum Gasteiger partial charge on any atom is -0.463 e. The van der Waals surface area contributed by atoms with Crippen LogP contribution < -0.4 is 10.1 Å². The Kier molecular flexibility index (Phi) is 11.0. The highest BCUT2D eigenvalue weighted by Gasteiger charge is 2.49. The Labute approximate surface area is 261 Å². The number of carbonyl (C=O) groups excluding carboxylic acids is 4. The lowest BCUT2D eigenvalue weighted by atomic mass is 9.80. The van der Waals surface area contributed by atoms with Gasteiger partial charge in [0.05, 0.1) is 37.7 Å². The Morgan fingerprint density at radius 2 is 1.67 bits per heavy atom. The Bertz CT molecular complexity index is 1470. The van der Waals surface area contributed by atoms with E-state index in [-0.39, 0.29) is 63.1 Å². The number of nitrogens with one attached hydrogen (secondary N) is 1. The number of benzene rings is 1. The number of sulfone groups is 1. The number of para-hydroxylation sites is 1. The van der Waals surface area contributed by atoms with Gasteiger partial charge in [-0.15, -0.1) is 5.06 Å². The van der Waals surface area contributed by atoms with Crippen molar-refractivity contribution in [3.8, 4) is 11.6 Å². The molecular weight excluding hydrogens is 610 g/mol. The first-order valence-electron chi connectivity index (χ1n) is 14.8. The summed E-state index contributed by atoms with van der Waals surface area (Å²) in [6.45, 7) is 4.43. The highest BCUT2D eigenvalue weighted by Crippen LogP contribution is 2.38. The SMILES string of the molecule is CCOC(=O)ON1CCN(C(=O)[C@H](CCS(C)(=O)=O)NC(=O)c2cc(OC3(C(=O)OCC)CCC3)n(-c3ccccc3)n2)CC1. The lowest BCUT2D eigenvalue weighted by Crippen LogP contribution is -2.55. The monoisotopic (exact) mass is 649 g/mol. The fraction of sp³-hybridized carbons (Fsp3) is 0.552. The number of amides is 2. The van der Waals surface area contributed by atoms with E-state index in [1.165, 1.54) is 20.7 Å². The molecule has 0 unspecified atom stereocenters. The van der Waals surface area contributed by atoms with Gasteiger partial charge < -0.3 is 29.3 Å². The molecule has 16 heteroatoms. The summed E-state index contributed by atoms with van der Waals surface area (Å²) in [5, 5.41) is 8.45. The minimum absolute atomic E-state index is 0.100. The average molecular weight is 650 g/mol. The van der Waals surface area contributed by atoms with Crippen LogP contribution >= 0.6 is 0 Å². The lowest BCUT2D eigenvalue weighted by molar-refractivity contribution is -0.170. The molecule has 4 rings (SSSR count). The number of aromatic nitrogens is 2. The molecule has 2 amide bonds. The Morgan fingerprint density at radius 1 is 1.00 bits per heavy atom. The fourth-order valence-electron chi connectivity index (χ4n) is 4.90. The summed E-state index contributed by atoms with van der Waals surface area (Å²) >= 11 is 0. The normalized spacial score (nSPS) is 17.0. The van der Waals surface area contributed by atoms with Gasteiger partial charge in [-0.1, -0.05) is 18.2 Å². The first kappa shape index (κ1) is 33.7. The van der Waals surface area contributed by atoms with Crippen LogP contribution in [0.25, 0.3) is 5.69 Å². The zero-order valence-electron chi connectivity index (χ0n) is 25.6. The topological polar surface area (TPSA) is 176 Å². The van der Waals surface area contributed by atoms with Crippen molar-refractivity contribution < 1.29 is 46.6 Å². The number of piperazine rings is 1. The number of hydroxylamine groups is 2. The van der Waals surface area contributed by atoms with E-state index in [9.17, 15) is 27.6 Å². The lowest BCUT2D eigenvalue weighted by Gasteiger charge is -2.38. The van der Waals surface area contributed by atoms with Gasteiger partial charge in [0, 0.05) is 25.4 Å². The van der Waals surface area contributed by atoms with Gasteiger partial charge in [0.2, 0.25) is 17.4 Å². The molecule has 1 atom stereocenters. The highest BCUT2D eigenvalue weighted by atomic mass is 32.2. The maximum Gasteiger partial charge on any atom is 0.527 e. The molecule has 1 aliphatic carbocycles. The molecule has 2 aromatic rings. The van der Waals surface area contributed by atoms with Gasteiger partial charge in [-0.05, 0) is 51.7 Å². The first-order valence-corrected chi connectivity index (χ1v) is 16.9. The van der Waals surface area contributed by atoms with Crippen LogP contribution in [0, 0.1) is 0 Å². The van der Waals surface area contributed by atoms with Crippen LogP contribution in [0.15, 0.2) is 36.4 Å². The van der Waals surface area contributed by atoms with Crippen molar-refractivity contribution >= 4 is 33.8 Å². The second-order valence-electron chi connectivity index (χ2n) is 10.8. The molecule has 0 spiro atoms. The first-order chi connectivity index (χ1) is 21.4. The molecule has 2 heterocycles. The van der Waals surface area contributed by atoms with Crippen molar-refractivity contribution in [3.05, 3.63) is 42.1 Å². The molecule has 0 radical (unpaired) electrons. The molecule has 15 nitrogen and oxygen atoms in total. The predicted molar refractivity (Wildman–Crippen MR) is 159 cm³/mol. The molecule has 1 aromatic carbocycles. The van der Waals surface area contributed by atoms with Crippen molar-refractivity contribution in [1.82, 2.24) is 25.1 Å². The number of esters is 1. The van der Waals surface area contributed by atoms with E-state index >= 15 is 0 Å². The Morgan fingerprint density at radius 3 is 2.24 bits per heavy atom. The van der Waals surface area contributed by atoms with Crippen LogP contribution in [0.3, 0.4) is 0 Å². The van der Waals surface area contributed by atoms with Gasteiger partial charge in [0.1, 0.15) is 15.9 Å². The quantitative estimate of drug-likeness (QED) is 0.310. The standard InChI is InChI=1S/C29H39N5O10S/c1-4-41-27(37)29(13-9-14-29)43-24-20-23(31-34(24)21-10-7-6-8-11-21)25(35)30-22(12-19-45(3,39)40)26(36)32-15-17-33(18-16-32)44-28(38)42-5-2/h6-8,10-11,20,22H,4-5,9,12-19H2,1-3H3,(H,30,35)/t22-/m0/s1. The van der Waals surface area contributed by atoms with Crippen LogP contribution in [0.4, 0.5) is 4.79 Å². The van der Waals surface area contributed by atoms with E-state index in [2.05, 4.69) is 10.4 Å². The maximum absolute atomic E-state index is 13.6. The maximum atomic E-state index is 13.6. The smallest absolute Gasteiger partial charge is 0.463 e. The summed E-state index contributed by atoms with van der Waals surface area (Å²) in [5.41, 5.74) is -0.738. The zero-order chi connectivity index (χ0) is 32.6. The van der Waals surface area contributed by atoms with Crippen LogP contribution in [0.2, 0.25) is 0 Å². The van der Waals surface area contributed by atoms with Crippen molar-refractivity contribution in [2.45, 2.75) is 51.2 Å². The largest absolute Gasteiger partial charge is 0.527 e. The van der Waals surface area contributed by atoms with Crippen molar-refractivity contribution in [3.63, 3.8) is 0 Å². The molecule has 0 bridgehead atoms. The molecule has 1 aliphatic heterocycles. The van der Waals surface area contributed by atoms with Gasteiger partial charge in [0.15, 0.2) is 5.69 Å². The predicted octanol–water partition coefficient (Wildman–Crippen LogP) is 1.50. The summed E-state index contributed by atoms with van der Waals surface area (Å²) in [4.78, 5) is 58.1. The number of ether oxygens (including phenoxy) is 3. The van der Waals surface area contributed by atoms with E-state index in [1.807, 2.05) is 6.07 Å². The van der Waals surface area contributed by atoms with Crippen molar-refractivity contribution in [2.24, 2.45) is 0 Å². The number of rotatable bonds is 13. The van der Waals surface area contributed by atoms with Gasteiger partial charge in [-0.3, -0.25) is 9.59 Å². The van der Waals surface area contributed by atoms with Crippen LogP contribution in [0.5, 0.6) is 5.88 Å². The van der Waals surface area contributed by atoms with Gasteiger partial charge in [-0.2, -0.15) is 5.10 Å². The number of hydrogen-bond acceptors (Lipinski definition) is 12. The number of nitrogens with zero attached hydrogens (tertiary/aromatic N) is 4. The van der Waals surface area contributed by atoms with E-state index in [1.54, 1.807) is 38.1 Å². The number of carbonyl (C=O) groups is 4. The van der Waals surface area contributed by atoms with E-state index in [0.717, 1.165) is 12.7 Å². The molecule has 1 N–H and O–H groups in total. The Balaban J connectivity index is 1.54. The fourth-order valence-corrected chi connectivity index (χ4v) is 5.57. The van der Waals surface area contributed by atoms with E-state index in [0.29, 0.717) is 18.5 Å². The second-order valence-corrected chi connectivity index (χ2v) is 13.0. The minimum atomic E-state index is -3.47. The summed E-state index contributed by atoms with van der Waals surface area (Å²) in [7, 11) is -3.47. The molecule has 1 saturated carbocycles.